The van der Waals surface area contributed by atoms with Crippen LogP contribution in [0.3, 0.4) is 0 Å². The molecule has 0 unspecified atom stereocenters. The Balaban J connectivity index is 1.06. The van der Waals surface area contributed by atoms with Crippen molar-refractivity contribution in [2.45, 2.75) is 13.1 Å². The van der Waals surface area contributed by atoms with E-state index in [0.29, 0.717) is 28.2 Å². The Morgan fingerprint density at radius 1 is 0.617 bits per heavy atom. The van der Waals surface area contributed by atoms with Crippen LogP contribution in [0.1, 0.15) is 13.7 Å². The molecule has 0 saturated heterocycles. The number of rotatable bonds is 7. The van der Waals surface area contributed by atoms with Gasteiger partial charge in [-0.15, -0.1) is 0 Å². The first-order chi connectivity index (χ1) is 33.5. The third-order valence-electron chi connectivity index (χ3n) is 11.8. The number of benzene rings is 7. The molecule has 0 radical (unpaired) electrons. The molecule has 60 heavy (non-hydrogen) atoms. The van der Waals surface area contributed by atoms with Crippen LogP contribution in [0, 0.1) is 6.33 Å². The number of para-hydroxylation sites is 4. The predicted molar refractivity (Wildman–Crippen MR) is 247 cm³/mol. The summed E-state index contributed by atoms with van der Waals surface area (Å²) >= 11 is 0. The quantitative estimate of drug-likeness (QED) is 0.0914. The molecule has 7 aromatic carbocycles. The average molecular weight is 805 g/mol. The van der Waals surface area contributed by atoms with Crippen molar-refractivity contribution < 1.29 is 23.0 Å². The molecular formula is C52H42N6OSi. The van der Waals surface area contributed by atoms with Crippen LogP contribution in [0.5, 0.6) is 11.5 Å². The van der Waals surface area contributed by atoms with Gasteiger partial charge in [0.2, 0.25) is 0 Å². The fourth-order valence-electron chi connectivity index (χ4n) is 8.35. The highest BCUT2D eigenvalue weighted by atomic mass is 28.3. The second kappa shape index (κ2) is 13.9. The SMILES string of the molecule is [2H]c1c([2H])c([2H])c(-c2cccc(-c3c([2H])c([2H])c([2H])c([2H])c3[2H])c2-[n+]2[c-]n(-c3cccc(Oc4ccc5c6ccccc6n(-c6cc7c(cn6)N(C)[Si](C)(C)N7C)c5c4)c3)c3ccccc32)c([2H])c1[2H]. The highest BCUT2D eigenvalue weighted by Gasteiger charge is 2.41. The Morgan fingerprint density at radius 3 is 2.00 bits per heavy atom. The summed E-state index contributed by atoms with van der Waals surface area (Å²) in [6, 6.07) is 30.9. The van der Waals surface area contributed by atoms with Crippen LogP contribution in [0.2, 0.25) is 13.1 Å². The minimum absolute atomic E-state index is 0.128. The first-order valence-electron chi connectivity index (χ1n) is 24.5. The Labute approximate surface area is 364 Å². The van der Waals surface area contributed by atoms with Gasteiger partial charge in [0.1, 0.15) is 17.3 Å². The smallest absolute Gasteiger partial charge is 0.269 e. The summed E-state index contributed by atoms with van der Waals surface area (Å²) in [5, 5.41) is 2.13. The van der Waals surface area contributed by atoms with E-state index in [1.54, 1.807) is 27.3 Å². The summed E-state index contributed by atoms with van der Waals surface area (Å²) in [4.78, 5) is 5.02. The summed E-state index contributed by atoms with van der Waals surface area (Å²) < 4.78 is 104. The molecule has 290 valence electrons. The monoisotopic (exact) mass is 804 g/mol. The maximum absolute atomic E-state index is 9.01. The molecule has 4 heterocycles. The van der Waals surface area contributed by atoms with Crippen molar-refractivity contribution in [2.24, 2.45) is 0 Å². The predicted octanol–water partition coefficient (Wildman–Crippen LogP) is 11.9. The lowest BCUT2D eigenvalue weighted by atomic mass is 9.95. The molecule has 1 aliphatic rings. The molecule has 0 saturated carbocycles. The third-order valence-corrected chi connectivity index (χ3v) is 15.5. The van der Waals surface area contributed by atoms with Gasteiger partial charge < -0.3 is 13.9 Å². The standard InChI is InChI=1S/C52H42N6OSi/c1-54-49-33-51(53-34-50(49)55(2)60(54,3)4)58-45-26-12-11-23-43(45)44-30-29-40(32-48(44)58)59-39-22-15-21-38(31-39)56-35-57(47-28-14-13-27-46(47)56)52-41(36-17-7-5-8-18-36)24-16-25-42(52)37-19-9-6-10-20-37/h5-34H,1-4H3/i5D,6D,7D,8D,9D,10D,17D,18D,19D,20D. The van der Waals surface area contributed by atoms with Gasteiger partial charge in [0.05, 0.1) is 64.7 Å². The number of anilines is 2. The van der Waals surface area contributed by atoms with Crippen LogP contribution in [0.25, 0.3) is 72.3 Å². The van der Waals surface area contributed by atoms with E-state index in [9.17, 15) is 0 Å². The van der Waals surface area contributed by atoms with Crippen molar-refractivity contribution in [3.63, 3.8) is 0 Å². The van der Waals surface area contributed by atoms with Crippen LogP contribution in [-0.4, -0.2) is 36.6 Å². The number of imidazole rings is 1. The molecule has 0 spiro atoms. The van der Waals surface area contributed by atoms with Gasteiger partial charge in [-0.05, 0) is 85.8 Å². The van der Waals surface area contributed by atoms with E-state index < -0.39 is 68.8 Å². The first kappa shape index (κ1) is 26.6. The minimum atomic E-state index is -1.90. The molecule has 11 rings (SSSR count). The summed E-state index contributed by atoms with van der Waals surface area (Å²) in [7, 11) is 2.39. The Morgan fingerprint density at radius 2 is 1.25 bits per heavy atom. The van der Waals surface area contributed by atoms with E-state index in [-0.39, 0.29) is 27.9 Å². The van der Waals surface area contributed by atoms with Gasteiger partial charge in [-0.25, -0.2) is 4.98 Å². The molecule has 0 amide bonds. The Kier molecular flexibility index (Phi) is 6.13. The number of fused-ring (bicyclic) bond motifs is 5. The van der Waals surface area contributed by atoms with Crippen molar-refractivity contribution in [1.82, 2.24) is 14.1 Å². The van der Waals surface area contributed by atoms with E-state index in [2.05, 4.69) is 71.5 Å². The zero-order chi connectivity index (χ0) is 49.2. The summed E-state index contributed by atoms with van der Waals surface area (Å²) in [6.45, 7) is 4.63. The molecule has 0 aliphatic carbocycles. The molecule has 0 fully saturated rings. The van der Waals surface area contributed by atoms with Gasteiger partial charge in [0.15, 0.2) is 0 Å². The Bertz CT molecular complexity index is 3730. The molecular weight excluding hydrogens is 753 g/mol. The maximum atomic E-state index is 9.01. The topological polar surface area (TPSA) is 42.3 Å². The number of nitrogens with zero attached hydrogens (tertiary/aromatic N) is 6. The van der Waals surface area contributed by atoms with Crippen molar-refractivity contribution in [1.29, 1.82) is 0 Å². The fraction of sp³-hybridized carbons (Fsp3) is 0.0769. The van der Waals surface area contributed by atoms with Gasteiger partial charge in [-0.3, -0.25) is 13.7 Å². The zero-order valence-electron chi connectivity index (χ0n) is 43.1. The second-order valence-electron chi connectivity index (χ2n) is 15.2. The lowest BCUT2D eigenvalue weighted by Gasteiger charge is -2.32. The normalized spacial score (nSPS) is 15.7. The number of aromatic nitrogens is 4. The number of hydrogen-bond donors (Lipinski definition) is 0. The third kappa shape index (κ3) is 5.63. The van der Waals surface area contributed by atoms with Crippen molar-refractivity contribution in [3.05, 3.63) is 188 Å². The second-order valence-corrected chi connectivity index (χ2v) is 19.6. The van der Waals surface area contributed by atoms with Gasteiger partial charge >= 0.3 is 0 Å². The molecule has 7 nitrogen and oxygen atoms in total. The summed E-state index contributed by atoms with van der Waals surface area (Å²) in [5.74, 6) is 1.90. The molecule has 3 aromatic heterocycles. The van der Waals surface area contributed by atoms with E-state index in [4.69, 9.17) is 23.4 Å². The highest BCUT2D eigenvalue weighted by Crippen LogP contribution is 2.43. The lowest BCUT2D eigenvalue weighted by molar-refractivity contribution is -0.571. The molecule has 1 aliphatic heterocycles. The number of pyridine rings is 1. The Hall–Kier alpha value is -7.42. The van der Waals surface area contributed by atoms with E-state index in [1.807, 2.05) is 79.0 Å². The maximum Gasteiger partial charge on any atom is 0.269 e. The first-order valence-corrected chi connectivity index (χ1v) is 22.4. The van der Waals surface area contributed by atoms with E-state index in [1.165, 1.54) is 0 Å². The summed E-state index contributed by atoms with van der Waals surface area (Å²) in [5.41, 5.74) is 6.29. The van der Waals surface area contributed by atoms with Crippen molar-refractivity contribution in [3.8, 4) is 50.9 Å². The highest BCUT2D eigenvalue weighted by molar-refractivity contribution is 6.86. The van der Waals surface area contributed by atoms with Crippen molar-refractivity contribution in [2.75, 3.05) is 23.2 Å². The van der Waals surface area contributed by atoms with Crippen LogP contribution < -0.4 is 18.4 Å². The molecule has 0 atom stereocenters. The lowest BCUT2D eigenvalue weighted by Crippen LogP contribution is -2.54. The van der Waals surface area contributed by atoms with Gasteiger partial charge in [-0.2, -0.15) is 0 Å². The van der Waals surface area contributed by atoms with Gasteiger partial charge in [0, 0.05) is 22.9 Å². The summed E-state index contributed by atoms with van der Waals surface area (Å²) in [6.07, 6.45) is 5.41. The fourth-order valence-corrected chi connectivity index (χ4v) is 10.3. The van der Waals surface area contributed by atoms with Crippen LogP contribution >= 0.6 is 0 Å². The largest absolute Gasteiger partial charge is 0.458 e. The molecule has 8 heteroatoms. The number of hydrogen-bond acceptors (Lipinski definition) is 4. The van der Waals surface area contributed by atoms with Crippen LogP contribution in [0.4, 0.5) is 11.4 Å². The van der Waals surface area contributed by atoms with Gasteiger partial charge in [-0.1, -0.05) is 127 Å². The molecule has 0 N–H and O–H groups in total. The molecule has 0 bridgehead atoms. The zero-order valence-corrected chi connectivity index (χ0v) is 34.1. The molecule has 10 aromatic rings. The average Bonchev–Trinajstić information content (AvgIpc) is 3.96. The van der Waals surface area contributed by atoms with Crippen LogP contribution in [-0.2, 0) is 0 Å². The minimum Gasteiger partial charge on any atom is -0.458 e. The van der Waals surface area contributed by atoms with Crippen LogP contribution in [0.15, 0.2) is 182 Å². The van der Waals surface area contributed by atoms with E-state index >= 15 is 0 Å². The van der Waals surface area contributed by atoms with Gasteiger partial charge in [0.25, 0.3) is 14.7 Å². The number of ether oxygens (including phenoxy) is 1. The van der Waals surface area contributed by atoms with E-state index in [0.717, 1.165) is 39.0 Å². The van der Waals surface area contributed by atoms with Crippen molar-refractivity contribution >= 4 is 52.6 Å².